The Kier molecular flexibility index (Phi) is 4.51. The second kappa shape index (κ2) is 6.80. The van der Waals surface area contributed by atoms with Crippen molar-refractivity contribution in [3.8, 4) is 0 Å². The highest BCUT2D eigenvalue weighted by Gasteiger charge is 2.41. The SMILES string of the molecule is Fc1cccc2c1NC(=NCc1cccc(Cl)c1)C1(CCCCC1)C2. The van der Waals surface area contributed by atoms with Gasteiger partial charge in [-0.1, -0.05) is 55.1 Å². The van der Waals surface area contributed by atoms with E-state index in [1.165, 1.54) is 25.3 Å². The second-order valence-corrected chi connectivity index (χ2v) is 7.65. The van der Waals surface area contributed by atoms with Crippen LogP contribution in [0.15, 0.2) is 47.5 Å². The second-order valence-electron chi connectivity index (χ2n) is 7.21. The number of benzene rings is 2. The van der Waals surface area contributed by atoms with Crippen molar-refractivity contribution in [2.45, 2.75) is 45.1 Å². The Bertz CT molecular complexity index is 809. The summed E-state index contributed by atoms with van der Waals surface area (Å²) in [6.45, 7) is 0.564. The van der Waals surface area contributed by atoms with Crippen molar-refractivity contribution in [3.05, 3.63) is 64.4 Å². The maximum absolute atomic E-state index is 14.3. The van der Waals surface area contributed by atoms with Crippen LogP contribution in [0.5, 0.6) is 0 Å². The summed E-state index contributed by atoms with van der Waals surface area (Å²) in [7, 11) is 0. The molecule has 130 valence electrons. The van der Waals surface area contributed by atoms with Gasteiger partial charge in [-0.2, -0.15) is 0 Å². The molecule has 2 aromatic carbocycles. The number of hydrogen-bond donors (Lipinski definition) is 1. The Balaban J connectivity index is 1.69. The maximum Gasteiger partial charge on any atom is 0.146 e. The lowest BCUT2D eigenvalue weighted by molar-refractivity contribution is 0.278. The molecule has 2 aromatic rings. The number of nitrogens with one attached hydrogen (secondary N) is 1. The highest BCUT2D eigenvalue weighted by atomic mass is 35.5. The molecule has 1 aliphatic heterocycles. The van der Waals surface area contributed by atoms with E-state index in [1.54, 1.807) is 6.07 Å². The fourth-order valence-electron chi connectivity index (χ4n) is 4.21. The van der Waals surface area contributed by atoms with E-state index in [4.69, 9.17) is 16.6 Å². The zero-order valence-electron chi connectivity index (χ0n) is 14.2. The molecule has 0 amide bonds. The van der Waals surface area contributed by atoms with Crippen molar-refractivity contribution in [1.29, 1.82) is 0 Å². The van der Waals surface area contributed by atoms with Gasteiger partial charge in [0, 0.05) is 10.4 Å². The van der Waals surface area contributed by atoms with Gasteiger partial charge in [0.15, 0.2) is 0 Å². The zero-order valence-corrected chi connectivity index (χ0v) is 15.0. The largest absolute Gasteiger partial charge is 0.341 e. The number of nitrogens with zero attached hydrogens (tertiary/aromatic N) is 1. The van der Waals surface area contributed by atoms with Crippen molar-refractivity contribution in [1.82, 2.24) is 0 Å². The number of fused-ring (bicyclic) bond motifs is 1. The number of amidine groups is 1. The van der Waals surface area contributed by atoms with Gasteiger partial charge in [-0.15, -0.1) is 0 Å². The van der Waals surface area contributed by atoms with Crippen LogP contribution < -0.4 is 5.32 Å². The molecular formula is C21H22ClFN2. The number of aliphatic imine (C=N–C) groups is 1. The van der Waals surface area contributed by atoms with E-state index in [1.807, 2.05) is 30.3 Å². The van der Waals surface area contributed by atoms with E-state index in [9.17, 15) is 4.39 Å². The Morgan fingerprint density at radius 3 is 2.68 bits per heavy atom. The van der Waals surface area contributed by atoms with Gasteiger partial charge in [0.25, 0.3) is 0 Å². The van der Waals surface area contributed by atoms with Crippen LogP contribution in [0.4, 0.5) is 10.1 Å². The average Bonchev–Trinajstić information content (AvgIpc) is 2.61. The quantitative estimate of drug-likeness (QED) is 0.701. The van der Waals surface area contributed by atoms with Crippen LogP contribution in [0.2, 0.25) is 5.02 Å². The van der Waals surface area contributed by atoms with Crippen LogP contribution in [0, 0.1) is 11.2 Å². The van der Waals surface area contributed by atoms with Gasteiger partial charge in [0.05, 0.1) is 12.2 Å². The van der Waals surface area contributed by atoms with Gasteiger partial charge in [-0.05, 0) is 48.6 Å². The number of hydrogen-bond acceptors (Lipinski definition) is 1. The fraction of sp³-hybridized carbons (Fsp3) is 0.381. The number of anilines is 1. The van der Waals surface area contributed by atoms with Crippen molar-refractivity contribution >= 4 is 23.1 Å². The standard InChI is InChI=1S/C21H22ClFN2/c22-17-8-4-6-15(12-17)14-24-20-21(10-2-1-3-11-21)13-16-7-5-9-18(23)19(16)25-20/h4-9,12H,1-3,10-11,13-14H2,(H,24,25). The minimum atomic E-state index is -0.196. The van der Waals surface area contributed by atoms with Crippen LogP contribution in [0.1, 0.15) is 43.2 Å². The van der Waals surface area contributed by atoms with E-state index >= 15 is 0 Å². The van der Waals surface area contributed by atoms with Gasteiger partial charge in [-0.25, -0.2) is 4.39 Å². The van der Waals surface area contributed by atoms with Gasteiger partial charge in [0.2, 0.25) is 0 Å². The third-order valence-electron chi connectivity index (χ3n) is 5.49. The number of rotatable bonds is 2. The van der Waals surface area contributed by atoms with E-state index in [0.717, 1.165) is 41.2 Å². The summed E-state index contributed by atoms with van der Waals surface area (Å²) in [5.41, 5.74) is 2.77. The van der Waals surface area contributed by atoms with Crippen LogP contribution in [0.25, 0.3) is 0 Å². The highest BCUT2D eigenvalue weighted by Crippen LogP contribution is 2.45. The molecule has 1 heterocycles. The van der Waals surface area contributed by atoms with Crippen molar-refractivity contribution in [2.24, 2.45) is 10.4 Å². The normalized spacial score (nSPS) is 20.3. The molecule has 1 spiro atoms. The summed E-state index contributed by atoms with van der Waals surface area (Å²) < 4.78 is 14.3. The molecule has 0 bridgehead atoms. The first kappa shape index (κ1) is 16.6. The molecule has 0 radical (unpaired) electrons. The summed E-state index contributed by atoms with van der Waals surface area (Å²) >= 11 is 6.08. The molecule has 4 heteroatoms. The first-order chi connectivity index (χ1) is 12.2. The van der Waals surface area contributed by atoms with E-state index < -0.39 is 0 Å². The lowest BCUT2D eigenvalue weighted by atomic mass is 9.67. The Hall–Kier alpha value is -1.87. The summed E-state index contributed by atoms with van der Waals surface area (Å²) in [4.78, 5) is 4.89. The third-order valence-corrected chi connectivity index (χ3v) is 5.73. The summed E-state index contributed by atoms with van der Waals surface area (Å²) in [6, 6.07) is 13.1. The highest BCUT2D eigenvalue weighted by molar-refractivity contribution is 6.30. The topological polar surface area (TPSA) is 24.4 Å². The Morgan fingerprint density at radius 1 is 1.08 bits per heavy atom. The molecule has 0 unspecified atom stereocenters. The minimum absolute atomic E-state index is 0.0254. The predicted octanol–water partition coefficient (Wildman–Crippen LogP) is 6.00. The van der Waals surface area contributed by atoms with Crippen LogP contribution >= 0.6 is 11.6 Å². The molecule has 1 saturated carbocycles. The van der Waals surface area contributed by atoms with Crippen LogP contribution in [-0.4, -0.2) is 5.84 Å². The molecule has 0 saturated heterocycles. The predicted molar refractivity (Wildman–Crippen MR) is 102 cm³/mol. The van der Waals surface area contributed by atoms with Crippen molar-refractivity contribution in [3.63, 3.8) is 0 Å². The van der Waals surface area contributed by atoms with Gasteiger partial charge in [0.1, 0.15) is 11.7 Å². The molecule has 25 heavy (non-hydrogen) atoms. The molecule has 1 aliphatic carbocycles. The monoisotopic (exact) mass is 356 g/mol. The third kappa shape index (κ3) is 3.30. The van der Waals surface area contributed by atoms with Crippen LogP contribution in [-0.2, 0) is 13.0 Å². The molecule has 0 atom stereocenters. The van der Waals surface area contributed by atoms with E-state index in [2.05, 4.69) is 5.32 Å². The van der Waals surface area contributed by atoms with E-state index in [-0.39, 0.29) is 11.2 Å². The van der Waals surface area contributed by atoms with Gasteiger partial charge >= 0.3 is 0 Å². The van der Waals surface area contributed by atoms with E-state index in [0.29, 0.717) is 12.2 Å². The lowest BCUT2D eigenvalue weighted by Gasteiger charge is -2.42. The molecule has 4 rings (SSSR count). The molecule has 0 aromatic heterocycles. The molecule has 2 aliphatic rings. The van der Waals surface area contributed by atoms with Gasteiger partial charge < -0.3 is 5.32 Å². The summed E-state index contributed by atoms with van der Waals surface area (Å²) in [6.07, 6.45) is 6.81. The number of halogens is 2. The van der Waals surface area contributed by atoms with Crippen molar-refractivity contribution < 1.29 is 4.39 Å². The lowest BCUT2D eigenvalue weighted by Crippen LogP contribution is -2.43. The molecular weight excluding hydrogens is 335 g/mol. The first-order valence-corrected chi connectivity index (χ1v) is 9.38. The van der Waals surface area contributed by atoms with Crippen LogP contribution in [0.3, 0.4) is 0 Å². The molecule has 1 fully saturated rings. The summed E-state index contributed by atoms with van der Waals surface area (Å²) in [5.74, 6) is 0.753. The average molecular weight is 357 g/mol. The molecule has 1 N–H and O–H groups in total. The molecule has 2 nitrogen and oxygen atoms in total. The maximum atomic E-state index is 14.3. The Labute approximate surface area is 153 Å². The van der Waals surface area contributed by atoms with Gasteiger partial charge in [-0.3, -0.25) is 4.99 Å². The number of para-hydroxylation sites is 1. The first-order valence-electron chi connectivity index (χ1n) is 9.00. The fourth-order valence-corrected chi connectivity index (χ4v) is 4.42. The minimum Gasteiger partial charge on any atom is -0.341 e. The Morgan fingerprint density at radius 2 is 1.88 bits per heavy atom. The zero-order chi connectivity index (χ0) is 17.3. The van der Waals surface area contributed by atoms with Crippen molar-refractivity contribution in [2.75, 3.05) is 5.32 Å². The summed E-state index contributed by atoms with van der Waals surface area (Å²) in [5, 5.41) is 4.07. The smallest absolute Gasteiger partial charge is 0.146 e.